The average molecular weight is 346 g/mol. The number of benzene rings is 2. The molecule has 0 saturated carbocycles. The van der Waals surface area contributed by atoms with Gasteiger partial charge in [0.15, 0.2) is 5.78 Å². The van der Waals surface area contributed by atoms with Gasteiger partial charge in [0, 0.05) is 28.8 Å². The maximum absolute atomic E-state index is 14.9. The van der Waals surface area contributed by atoms with Gasteiger partial charge in [-0.15, -0.1) is 0 Å². The number of hydrogen-bond donors (Lipinski definition) is 1. The first kappa shape index (κ1) is 18.5. The van der Waals surface area contributed by atoms with Crippen LogP contribution in [0.1, 0.15) is 46.4 Å². The first-order valence-electron chi connectivity index (χ1n) is 7.73. The summed E-state index contributed by atoms with van der Waals surface area (Å²) in [5.74, 6) is -1.25. The fourth-order valence-corrected chi connectivity index (χ4v) is 2.61. The van der Waals surface area contributed by atoms with Crippen LogP contribution in [-0.4, -0.2) is 17.8 Å². The fraction of sp³-hybridized carbons (Fsp3) is 0.278. The molecule has 0 aliphatic heterocycles. The Balaban J connectivity index is 2.58. The predicted octanol–water partition coefficient (Wildman–Crippen LogP) is 3.69. The van der Waals surface area contributed by atoms with E-state index in [1.807, 2.05) is 6.92 Å². The molecule has 0 bridgehead atoms. The van der Waals surface area contributed by atoms with Crippen molar-refractivity contribution in [1.29, 1.82) is 0 Å². The molecule has 0 fully saturated rings. The van der Waals surface area contributed by atoms with E-state index in [0.717, 1.165) is 0 Å². The number of aryl methyl sites for hydroxylation is 1. The third-order valence-corrected chi connectivity index (χ3v) is 4.08. The van der Waals surface area contributed by atoms with Crippen LogP contribution in [-0.2, 0) is 0 Å². The van der Waals surface area contributed by atoms with E-state index in [0.29, 0.717) is 12.0 Å². The Hall–Kier alpha value is -2.80. The van der Waals surface area contributed by atoms with Crippen molar-refractivity contribution < 1.29 is 18.8 Å². The number of nitro groups is 1. The molecule has 25 heavy (non-hydrogen) atoms. The lowest BCUT2D eigenvalue weighted by Crippen LogP contribution is -2.15. The van der Waals surface area contributed by atoms with Gasteiger partial charge in [0.2, 0.25) is 0 Å². The molecule has 0 saturated heterocycles. The third-order valence-electron chi connectivity index (χ3n) is 4.08. The molecule has 2 aromatic carbocycles. The molecule has 0 spiro atoms. The summed E-state index contributed by atoms with van der Waals surface area (Å²) in [6.07, 6.45) is 0.507. The zero-order valence-corrected chi connectivity index (χ0v) is 14.2. The fourth-order valence-electron chi connectivity index (χ4n) is 2.61. The molecule has 132 valence electrons. The Labute approximate surface area is 144 Å². The first-order chi connectivity index (χ1) is 11.8. The number of nitrogens with zero attached hydrogens (tertiary/aromatic N) is 1. The van der Waals surface area contributed by atoms with E-state index in [1.165, 1.54) is 44.4 Å². The molecule has 0 aliphatic carbocycles. The van der Waals surface area contributed by atoms with Crippen LogP contribution in [0.3, 0.4) is 0 Å². The maximum atomic E-state index is 14.9. The molecule has 0 amide bonds. The second kappa shape index (κ2) is 7.40. The first-order valence-corrected chi connectivity index (χ1v) is 7.73. The van der Waals surface area contributed by atoms with Crippen molar-refractivity contribution >= 4 is 11.5 Å². The van der Waals surface area contributed by atoms with Gasteiger partial charge in [0.25, 0.3) is 5.69 Å². The zero-order valence-electron chi connectivity index (χ0n) is 14.2. The summed E-state index contributed by atoms with van der Waals surface area (Å²) in [4.78, 5) is 23.2. The smallest absolute Gasteiger partial charge is 0.272 e. The number of hydrogen-bond acceptors (Lipinski definition) is 5. The van der Waals surface area contributed by atoms with E-state index >= 15 is 0 Å². The van der Waals surface area contributed by atoms with Crippen LogP contribution < -0.4 is 10.5 Å². The van der Waals surface area contributed by atoms with Gasteiger partial charge in [-0.25, -0.2) is 4.39 Å². The number of halogens is 1. The molecule has 0 unspecified atom stereocenters. The number of methoxy groups -OCH3 is 1. The molecule has 2 N–H and O–H groups in total. The van der Waals surface area contributed by atoms with E-state index in [-0.39, 0.29) is 28.1 Å². The van der Waals surface area contributed by atoms with Gasteiger partial charge >= 0.3 is 0 Å². The molecule has 6 nitrogen and oxygen atoms in total. The van der Waals surface area contributed by atoms with Crippen molar-refractivity contribution in [3.05, 3.63) is 68.5 Å². The van der Waals surface area contributed by atoms with E-state index in [2.05, 4.69) is 0 Å². The highest BCUT2D eigenvalue weighted by atomic mass is 19.1. The summed E-state index contributed by atoms with van der Waals surface area (Å²) in [5, 5.41) is 10.9. The number of ether oxygens (including phenoxy) is 1. The van der Waals surface area contributed by atoms with E-state index < -0.39 is 22.6 Å². The number of rotatable bonds is 6. The predicted molar refractivity (Wildman–Crippen MR) is 91.4 cm³/mol. The van der Waals surface area contributed by atoms with Gasteiger partial charge in [-0.3, -0.25) is 14.9 Å². The largest absolute Gasteiger partial charge is 0.496 e. The summed E-state index contributed by atoms with van der Waals surface area (Å²) >= 11 is 0. The highest BCUT2D eigenvalue weighted by Crippen LogP contribution is 2.31. The Morgan fingerprint density at radius 2 is 2.04 bits per heavy atom. The number of carbonyl (C=O) groups is 1. The molecular weight excluding hydrogens is 327 g/mol. The van der Waals surface area contributed by atoms with Crippen LogP contribution in [0.5, 0.6) is 5.75 Å². The van der Waals surface area contributed by atoms with Crippen LogP contribution in [0.4, 0.5) is 10.1 Å². The molecule has 0 aromatic heterocycles. The standard InChI is InChI=1S/C18H19FN2O4/c1-4-13(20)12-6-8-15(25-3)16(17(12)19)18(22)11-5-7-14(21(23)24)10(2)9-11/h5-9,13H,4,20H2,1-3H3/t13-/m1/s1. The number of nitro benzene ring substituents is 1. The molecule has 0 heterocycles. The van der Waals surface area contributed by atoms with Crippen molar-refractivity contribution in [1.82, 2.24) is 0 Å². The normalized spacial score (nSPS) is 11.9. The number of ketones is 1. The minimum absolute atomic E-state index is 0.0885. The van der Waals surface area contributed by atoms with E-state index in [4.69, 9.17) is 10.5 Å². The quantitative estimate of drug-likeness (QED) is 0.489. The highest BCUT2D eigenvalue weighted by molar-refractivity contribution is 6.11. The molecular formula is C18H19FN2O4. The Bertz CT molecular complexity index is 836. The lowest BCUT2D eigenvalue weighted by molar-refractivity contribution is -0.385. The van der Waals surface area contributed by atoms with Crippen LogP contribution in [0.25, 0.3) is 0 Å². The molecule has 0 aliphatic rings. The Morgan fingerprint density at radius 3 is 2.56 bits per heavy atom. The van der Waals surface area contributed by atoms with Gasteiger partial charge in [-0.2, -0.15) is 0 Å². The van der Waals surface area contributed by atoms with Crippen molar-refractivity contribution in [2.45, 2.75) is 26.3 Å². The second-order valence-corrected chi connectivity index (χ2v) is 5.65. The second-order valence-electron chi connectivity index (χ2n) is 5.65. The van der Waals surface area contributed by atoms with Crippen LogP contribution >= 0.6 is 0 Å². The maximum Gasteiger partial charge on any atom is 0.272 e. The Morgan fingerprint density at radius 1 is 1.36 bits per heavy atom. The monoisotopic (exact) mass is 346 g/mol. The number of carbonyl (C=O) groups excluding carboxylic acids is 1. The molecule has 2 aromatic rings. The van der Waals surface area contributed by atoms with Crippen LogP contribution in [0.2, 0.25) is 0 Å². The summed E-state index contributed by atoms with van der Waals surface area (Å²) in [6.45, 7) is 3.33. The lowest BCUT2D eigenvalue weighted by atomic mass is 9.95. The van der Waals surface area contributed by atoms with Crippen molar-refractivity contribution in [2.75, 3.05) is 7.11 Å². The van der Waals surface area contributed by atoms with Crippen molar-refractivity contribution in [3.8, 4) is 5.75 Å². The summed E-state index contributed by atoms with van der Waals surface area (Å²) < 4.78 is 20.0. The van der Waals surface area contributed by atoms with Crippen molar-refractivity contribution in [3.63, 3.8) is 0 Å². The highest BCUT2D eigenvalue weighted by Gasteiger charge is 2.25. The van der Waals surface area contributed by atoms with Gasteiger partial charge < -0.3 is 10.5 Å². The summed E-state index contributed by atoms with van der Waals surface area (Å²) in [5.41, 5.74) is 6.26. The van der Waals surface area contributed by atoms with Gasteiger partial charge in [-0.1, -0.05) is 13.0 Å². The van der Waals surface area contributed by atoms with E-state index in [1.54, 1.807) is 0 Å². The average Bonchev–Trinajstić information content (AvgIpc) is 2.59. The number of nitrogens with two attached hydrogens (primary N) is 1. The minimum atomic E-state index is -0.727. The van der Waals surface area contributed by atoms with Crippen molar-refractivity contribution in [2.24, 2.45) is 5.73 Å². The SMILES string of the molecule is CC[C@@H](N)c1ccc(OC)c(C(=O)c2ccc([N+](=O)[O-])c(C)c2)c1F. The summed E-state index contributed by atoms with van der Waals surface area (Å²) in [7, 11) is 1.34. The molecule has 2 rings (SSSR count). The van der Waals surface area contributed by atoms with Crippen LogP contribution in [0.15, 0.2) is 30.3 Å². The summed E-state index contributed by atoms with van der Waals surface area (Å²) in [6, 6.07) is 6.36. The van der Waals surface area contributed by atoms with Crippen LogP contribution in [0, 0.1) is 22.9 Å². The Kier molecular flexibility index (Phi) is 5.48. The van der Waals surface area contributed by atoms with E-state index in [9.17, 15) is 19.3 Å². The molecule has 1 atom stereocenters. The van der Waals surface area contributed by atoms with Gasteiger partial charge in [0.1, 0.15) is 17.1 Å². The topological polar surface area (TPSA) is 95.5 Å². The lowest BCUT2D eigenvalue weighted by Gasteiger charge is -2.16. The molecule has 7 heteroatoms. The minimum Gasteiger partial charge on any atom is -0.496 e. The third kappa shape index (κ3) is 3.51. The van der Waals surface area contributed by atoms with Gasteiger partial charge in [-0.05, 0) is 31.5 Å². The van der Waals surface area contributed by atoms with Gasteiger partial charge in [0.05, 0.1) is 12.0 Å². The molecule has 0 radical (unpaired) electrons. The zero-order chi connectivity index (χ0) is 18.7.